The second-order valence-electron chi connectivity index (χ2n) is 12.5. The number of ether oxygens (including phenoxy) is 1. The minimum atomic E-state index is -1.17. The minimum absolute atomic E-state index is 0.00620. The maximum atomic E-state index is 14.4. The Hall–Kier alpha value is -5.17. The molecule has 2 atom stereocenters. The van der Waals surface area contributed by atoms with Gasteiger partial charge in [-0.2, -0.15) is 5.10 Å². The van der Waals surface area contributed by atoms with Gasteiger partial charge in [-0.15, -0.1) is 0 Å². The standard InChI is InChI=1S/C34H33F2N9O2/c1-47-29-11-23(34(46)42-18-25(36)12-26(37)19-42)9-27-31(29)44(16-21-13-40-45(17-21)30-7-6-24(35)14-39-30)33(41-27)28-10-22-3-2-8-38-32(22)43(28)15-20-4-5-20/h2-3,6-11,13-14,17,20,25-26H,4-5,12,15-16,18-19,37H2,1H3/t25-,26-/m1/s1. The topological polar surface area (TPSA) is 122 Å². The summed E-state index contributed by atoms with van der Waals surface area (Å²) >= 11 is 0. The normalized spacial score (nSPS) is 18.3. The van der Waals surface area contributed by atoms with Gasteiger partial charge in [0.25, 0.3) is 5.91 Å². The van der Waals surface area contributed by atoms with Gasteiger partial charge in [0.15, 0.2) is 11.6 Å². The van der Waals surface area contributed by atoms with Gasteiger partial charge < -0.3 is 24.5 Å². The lowest BCUT2D eigenvalue weighted by molar-refractivity contribution is 0.0606. The Morgan fingerprint density at radius 1 is 1.09 bits per heavy atom. The first kappa shape index (κ1) is 29.2. The van der Waals surface area contributed by atoms with E-state index in [0.29, 0.717) is 46.5 Å². The Morgan fingerprint density at radius 3 is 2.72 bits per heavy atom. The number of carbonyl (C=O) groups is 1. The van der Waals surface area contributed by atoms with Gasteiger partial charge >= 0.3 is 0 Å². The Labute approximate surface area is 268 Å². The van der Waals surface area contributed by atoms with E-state index < -0.39 is 18.0 Å². The zero-order valence-electron chi connectivity index (χ0n) is 25.8. The number of amides is 1. The number of nitrogens with two attached hydrogens (primary N) is 1. The number of carbonyl (C=O) groups excluding carboxylic acids is 1. The van der Waals surface area contributed by atoms with Crippen LogP contribution in [0.3, 0.4) is 0 Å². The number of piperidine rings is 1. The highest BCUT2D eigenvalue weighted by atomic mass is 19.1. The fourth-order valence-corrected chi connectivity index (χ4v) is 6.55. The van der Waals surface area contributed by atoms with Crippen LogP contribution in [-0.2, 0) is 13.1 Å². The summed E-state index contributed by atoms with van der Waals surface area (Å²) in [5, 5.41) is 5.49. The molecule has 1 saturated heterocycles. The van der Waals surface area contributed by atoms with Crippen molar-refractivity contribution in [2.75, 3.05) is 20.2 Å². The third-order valence-corrected chi connectivity index (χ3v) is 8.94. The van der Waals surface area contributed by atoms with Crippen LogP contribution in [0.25, 0.3) is 39.4 Å². The average molecular weight is 638 g/mol. The molecule has 11 nitrogen and oxygen atoms in total. The van der Waals surface area contributed by atoms with Gasteiger partial charge in [0.2, 0.25) is 0 Å². The number of fused-ring (bicyclic) bond motifs is 2. The van der Waals surface area contributed by atoms with Crippen molar-refractivity contribution in [2.24, 2.45) is 11.7 Å². The Bertz CT molecular complexity index is 2110. The molecular weight excluding hydrogens is 604 g/mol. The van der Waals surface area contributed by atoms with Crippen LogP contribution in [0, 0.1) is 11.7 Å². The molecule has 1 aromatic carbocycles. The van der Waals surface area contributed by atoms with Crippen LogP contribution in [0.1, 0.15) is 35.2 Å². The molecular formula is C34H33F2N9O2. The fourth-order valence-electron chi connectivity index (χ4n) is 6.55. The molecule has 2 N–H and O–H groups in total. The van der Waals surface area contributed by atoms with Gasteiger partial charge in [-0.3, -0.25) is 4.79 Å². The highest BCUT2D eigenvalue weighted by molar-refractivity contribution is 6.00. The Morgan fingerprint density at radius 2 is 1.96 bits per heavy atom. The number of rotatable bonds is 8. The molecule has 5 aromatic heterocycles. The summed E-state index contributed by atoms with van der Waals surface area (Å²) in [6.07, 6.45) is 7.92. The first-order valence-corrected chi connectivity index (χ1v) is 15.7. The molecule has 1 aliphatic heterocycles. The predicted octanol–water partition coefficient (Wildman–Crippen LogP) is 4.75. The van der Waals surface area contributed by atoms with Gasteiger partial charge in [0.05, 0.1) is 43.8 Å². The van der Waals surface area contributed by atoms with E-state index in [1.807, 2.05) is 18.3 Å². The van der Waals surface area contributed by atoms with E-state index in [0.717, 1.165) is 47.9 Å². The van der Waals surface area contributed by atoms with Crippen LogP contribution in [0.15, 0.2) is 67.3 Å². The summed E-state index contributed by atoms with van der Waals surface area (Å²) in [6, 6.07) is 12.0. The van der Waals surface area contributed by atoms with Crippen molar-refractivity contribution in [1.82, 2.24) is 38.8 Å². The molecule has 1 saturated carbocycles. The van der Waals surface area contributed by atoms with E-state index >= 15 is 0 Å². The van der Waals surface area contributed by atoms with Gasteiger partial charge in [-0.05, 0) is 67.6 Å². The Kier molecular flexibility index (Phi) is 7.20. The zero-order chi connectivity index (χ0) is 32.2. The van der Waals surface area contributed by atoms with Gasteiger partial charge in [0, 0.05) is 48.0 Å². The number of imidazole rings is 1. The smallest absolute Gasteiger partial charge is 0.254 e. The summed E-state index contributed by atoms with van der Waals surface area (Å²) in [6.45, 7) is 1.45. The van der Waals surface area contributed by atoms with E-state index in [4.69, 9.17) is 20.4 Å². The van der Waals surface area contributed by atoms with Gasteiger partial charge in [0.1, 0.15) is 28.9 Å². The number of likely N-dealkylation sites (tertiary alicyclic amines) is 1. The second-order valence-corrected chi connectivity index (χ2v) is 12.5. The molecule has 1 amide bonds. The molecule has 13 heteroatoms. The molecule has 240 valence electrons. The van der Waals surface area contributed by atoms with Crippen molar-refractivity contribution < 1.29 is 18.3 Å². The van der Waals surface area contributed by atoms with Crippen molar-refractivity contribution in [3.63, 3.8) is 0 Å². The molecule has 8 rings (SSSR count). The van der Waals surface area contributed by atoms with Crippen LogP contribution < -0.4 is 10.5 Å². The largest absolute Gasteiger partial charge is 0.494 e. The van der Waals surface area contributed by atoms with Crippen LogP contribution in [0.5, 0.6) is 5.75 Å². The van der Waals surface area contributed by atoms with Crippen LogP contribution in [0.2, 0.25) is 0 Å². The maximum Gasteiger partial charge on any atom is 0.254 e. The Balaban J connectivity index is 1.28. The fraction of sp³-hybridized carbons (Fsp3) is 0.324. The lowest BCUT2D eigenvalue weighted by Gasteiger charge is -2.33. The summed E-state index contributed by atoms with van der Waals surface area (Å²) < 4.78 is 39.7. The summed E-state index contributed by atoms with van der Waals surface area (Å²) in [5.41, 5.74) is 10.3. The lowest BCUT2D eigenvalue weighted by atomic mass is 10.0. The van der Waals surface area contributed by atoms with Gasteiger partial charge in [-0.1, -0.05) is 0 Å². The van der Waals surface area contributed by atoms with E-state index in [9.17, 15) is 13.6 Å². The number of nitrogens with zero attached hydrogens (tertiary/aromatic N) is 8. The van der Waals surface area contributed by atoms with E-state index in [1.54, 1.807) is 42.4 Å². The maximum absolute atomic E-state index is 14.4. The predicted molar refractivity (Wildman–Crippen MR) is 172 cm³/mol. The van der Waals surface area contributed by atoms with Crippen molar-refractivity contribution in [3.8, 4) is 23.1 Å². The molecule has 6 heterocycles. The summed E-state index contributed by atoms with van der Waals surface area (Å²) in [4.78, 5) is 29.2. The third kappa shape index (κ3) is 5.50. The summed E-state index contributed by atoms with van der Waals surface area (Å²) in [5.74, 6) is 1.44. The molecule has 6 aromatic rings. The number of hydrogen-bond acceptors (Lipinski definition) is 7. The molecule has 0 bridgehead atoms. The SMILES string of the molecule is COc1cc(C(=O)N2C[C@H](N)C[C@@H](F)C2)cc2nc(-c3cc4cccnc4n3CC3CC3)n(Cc3cnn(-c4ccc(F)cn4)c3)c12. The highest BCUT2D eigenvalue weighted by Gasteiger charge is 2.31. The number of pyridine rings is 2. The lowest BCUT2D eigenvalue weighted by Crippen LogP contribution is -2.50. The third-order valence-electron chi connectivity index (χ3n) is 8.94. The quantitative estimate of drug-likeness (QED) is 0.256. The molecule has 0 radical (unpaired) electrons. The number of aromatic nitrogens is 7. The molecule has 2 fully saturated rings. The molecule has 2 aliphatic rings. The second kappa shape index (κ2) is 11.6. The number of methoxy groups -OCH3 is 1. The van der Waals surface area contributed by atoms with E-state index in [2.05, 4.69) is 25.3 Å². The molecule has 0 unspecified atom stereocenters. The average Bonchev–Trinajstić information content (AvgIpc) is 3.47. The first-order chi connectivity index (χ1) is 22.8. The molecule has 47 heavy (non-hydrogen) atoms. The number of alkyl halides is 1. The minimum Gasteiger partial charge on any atom is -0.494 e. The van der Waals surface area contributed by atoms with E-state index in [1.165, 1.54) is 11.0 Å². The summed E-state index contributed by atoms with van der Waals surface area (Å²) in [7, 11) is 1.56. The van der Waals surface area contributed by atoms with E-state index in [-0.39, 0.29) is 25.4 Å². The number of hydrogen-bond donors (Lipinski definition) is 1. The number of benzene rings is 1. The highest BCUT2D eigenvalue weighted by Crippen LogP contribution is 2.38. The van der Waals surface area contributed by atoms with Crippen LogP contribution >= 0.6 is 0 Å². The van der Waals surface area contributed by atoms with Crippen LogP contribution in [-0.4, -0.2) is 77.1 Å². The van der Waals surface area contributed by atoms with Gasteiger partial charge in [-0.25, -0.2) is 28.4 Å². The van der Waals surface area contributed by atoms with Crippen molar-refractivity contribution >= 4 is 28.0 Å². The number of halogens is 2. The monoisotopic (exact) mass is 637 g/mol. The van der Waals surface area contributed by atoms with Crippen molar-refractivity contribution in [1.29, 1.82) is 0 Å². The molecule has 1 aliphatic carbocycles. The zero-order valence-corrected chi connectivity index (χ0v) is 25.8. The van der Waals surface area contributed by atoms with Crippen LogP contribution in [0.4, 0.5) is 8.78 Å². The van der Waals surface area contributed by atoms with Crippen molar-refractivity contribution in [2.45, 2.75) is 44.6 Å². The molecule has 0 spiro atoms. The van der Waals surface area contributed by atoms with Crippen molar-refractivity contribution in [3.05, 3.63) is 84.2 Å². The first-order valence-electron chi connectivity index (χ1n) is 15.7.